The van der Waals surface area contributed by atoms with Crippen LogP contribution in [0.5, 0.6) is 0 Å². The van der Waals surface area contributed by atoms with Crippen LogP contribution < -0.4 is 36.0 Å². The van der Waals surface area contributed by atoms with Gasteiger partial charge < -0.3 is 26.0 Å². The largest absolute Gasteiger partial charge is 0.379 e. The van der Waals surface area contributed by atoms with Crippen LogP contribution in [0.2, 0.25) is 0 Å². The molecule has 0 atom stereocenters. The second kappa shape index (κ2) is 22.4. The zero-order valence-electron chi connectivity index (χ0n) is 35.3. The Balaban J connectivity index is 1.20. The summed E-state index contributed by atoms with van der Waals surface area (Å²) in [7, 11) is -4.15. The maximum Gasteiger partial charge on any atom is 0.343 e. The van der Waals surface area contributed by atoms with Crippen molar-refractivity contribution in [3.63, 3.8) is 0 Å². The Bertz CT molecular complexity index is 2300. The Morgan fingerprint density at radius 1 is 0.952 bits per heavy atom. The van der Waals surface area contributed by atoms with E-state index in [0.717, 1.165) is 50.3 Å². The Morgan fingerprint density at radius 3 is 2.37 bits per heavy atom. The van der Waals surface area contributed by atoms with Crippen LogP contribution >= 0.6 is 0 Å². The summed E-state index contributed by atoms with van der Waals surface area (Å²) in [6, 6.07) is 14.8. The maximum atomic E-state index is 13.9. The molecule has 1 saturated heterocycles. The maximum absolute atomic E-state index is 13.9. The highest BCUT2D eigenvalue weighted by Gasteiger charge is 2.24. The number of sulfonamides is 1. The van der Waals surface area contributed by atoms with Gasteiger partial charge in [-0.15, -0.1) is 0 Å². The number of aromatic nitrogens is 2. The topological polar surface area (TPSA) is 229 Å². The van der Waals surface area contributed by atoms with E-state index in [1.54, 1.807) is 60.0 Å². The van der Waals surface area contributed by atoms with E-state index in [9.17, 15) is 32.4 Å². The number of carbonyl (C=O) groups excluding carboxylic acids is 5. The first kappa shape index (κ1) is 46.6. The third-order valence-electron chi connectivity index (χ3n) is 10.1. The van der Waals surface area contributed by atoms with E-state index in [2.05, 4.69) is 37.6 Å². The molecule has 1 fully saturated rings. The van der Waals surface area contributed by atoms with Crippen LogP contribution in [0.3, 0.4) is 0 Å². The first-order chi connectivity index (χ1) is 29.8. The number of benzene rings is 2. The monoisotopic (exact) mass is 871 g/mol. The fourth-order valence-corrected chi connectivity index (χ4v) is 8.10. The van der Waals surface area contributed by atoms with Gasteiger partial charge in [0.05, 0.1) is 35.7 Å². The van der Waals surface area contributed by atoms with Gasteiger partial charge in [0.1, 0.15) is 11.3 Å². The number of morpholine rings is 1. The van der Waals surface area contributed by atoms with Gasteiger partial charge in [-0.05, 0) is 92.9 Å². The van der Waals surface area contributed by atoms with Crippen molar-refractivity contribution < 1.29 is 41.7 Å². The lowest BCUT2D eigenvalue weighted by Crippen LogP contribution is -2.44. The van der Waals surface area contributed by atoms with Gasteiger partial charge in [-0.25, -0.2) is 18.2 Å². The fourth-order valence-electron chi connectivity index (χ4n) is 6.79. The number of aryl methyl sites for hydroxylation is 1. The third-order valence-corrected chi connectivity index (χ3v) is 11.7. The molecule has 19 heteroatoms. The smallest absolute Gasteiger partial charge is 0.343 e. The van der Waals surface area contributed by atoms with E-state index in [1.165, 1.54) is 42.6 Å². The number of nitrogens with two attached hydrogens (primary N) is 1. The standard InChI is InChI=1S/C43H54N10O8S/c1-4-5-6-7-22-52(36-16-17-37(41(44)56)46-27-36)42(57)33-10-8-20-51(28-33)29-39(55)47-40-31(2)11-18-38(32(40)3)62(59,60)49-35-14-12-34(13-15-35)48-53(30-54)43(58)45-19-9-21-50-23-25-61-26-24-50/h8,10-18,20,27-28,30H,4-7,9,19,21-26,29H2,1-3H3,(H5-,44,45,46,47,48,49,55,56,58)/p+1. The van der Waals surface area contributed by atoms with Crippen LogP contribution in [0.4, 0.5) is 27.5 Å². The molecule has 62 heavy (non-hydrogen) atoms. The number of amides is 6. The van der Waals surface area contributed by atoms with E-state index in [-0.39, 0.29) is 28.7 Å². The second-order valence-electron chi connectivity index (χ2n) is 14.8. The van der Waals surface area contributed by atoms with Crippen molar-refractivity contribution in [3.8, 4) is 0 Å². The molecule has 2 aromatic carbocycles. The van der Waals surface area contributed by atoms with Gasteiger partial charge in [-0.3, -0.25) is 34.2 Å². The Hall–Kier alpha value is -6.44. The molecule has 0 radical (unpaired) electrons. The van der Waals surface area contributed by atoms with Crippen molar-refractivity contribution in [1.82, 2.24) is 20.2 Å². The number of carbonyl (C=O) groups is 5. The quantitative estimate of drug-likeness (QED) is 0.0348. The number of hydrogen-bond acceptors (Lipinski definition) is 11. The molecule has 18 nitrogen and oxygen atoms in total. The van der Waals surface area contributed by atoms with Crippen molar-refractivity contribution in [2.75, 3.05) is 66.3 Å². The molecule has 0 spiro atoms. The van der Waals surface area contributed by atoms with Crippen LogP contribution in [0.25, 0.3) is 0 Å². The average molecular weight is 872 g/mol. The van der Waals surface area contributed by atoms with E-state index < -0.39 is 27.9 Å². The van der Waals surface area contributed by atoms with E-state index in [0.29, 0.717) is 72.9 Å². The average Bonchev–Trinajstić information content (AvgIpc) is 3.26. The highest BCUT2D eigenvalue weighted by molar-refractivity contribution is 7.92. The Labute approximate surface area is 361 Å². The fraction of sp³-hybridized carbons (Fsp3) is 0.372. The highest BCUT2D eigenvalue weighted by atomic mass is 32.2. The van der Waals surface area contributed by atoms with Gasteiger partial charge in [-0.1, -0.05) is 32.3 Å². The molecule has 3 heterocycles. The number of anilines is 4. The molecule has 5 rings (SSSR count). The van der Waals surface area contributed by atoms with E-state index >= 15 is 0 Å². The number of urea groups is 1. The van der Waals surface area contributed by atoms with Crippen molar-refractivity contribution >= 4 is 62.9 Å². The summed E-state index contributed by atoms with van der Waals surface area (Å²) >= 11 is 0. The van der Waals surface area contributed by atoms with Crippen LogP contribution in [-0.4, -0.2) is 99.4 Å². The van der Waals surface area contributed by atoms with Crippen molar-refractivity contribution in [3.05, 3.63) is 102 Å². The van der Waals surface area contributed by atoms with Gasteiger partial charge in [-0.2, -0.15) is 9.58 Å². The lowest BCUT2D eigenvalue weighted by molar-refractivity contribution is -0.684. The number of unbranched alkanes of at least 4 members (excludes halogenated alkanes) is 3. The summed E-state index contributed by atoms with van der Waals surface area (Å²) in [4.78, 5) is 71.1. The van der Waals surface area contributed by atoms with Gasteiger partial charge in [0.15, 0.2) is 12.4 Å². The van der Waals surface area contributed by atoms with E-state index in [4.69, 9.17) is 10.5 Å². The highest BCUT2D eigenvalue weighted by Crippen LogP contribution is 2.29. The predicted molar refractivity (Wildman–Crippen MR) is 234 cm³/mol. The molecular weight excluding hydrogens is 817 g/mol. The molecule has 2 aromatic heterocycles. The minimum atomic E-state index is -4.15. The van der Waals surface area contributed by atoms with Crippen LogP contribution in [-0.2, 0) is 30.9 Å². The number of pyridine rings is 2. The molecule has 4 aromatic rings. The number of ether oxygens (including phenoxy) is 1. The predicted octanol–water partition coefficient (Wildman–Crippen LogP) is 3.97. The van der Waals surface area contributed by atoms with Gasteiger partial charge in [0.2, 0.25) is 13.0 Å². The SMILES string of the molecule is CCCCCCN(C(=O)c1ccc[n+](CC(=O)Nc2c(C)ccc(S(=O)(=O)Nc3ccc(NN(C=O)C(=O)NCCCN4CCOCC4)cc3)c2C)c1)c1ccc(C(N)=O)nc1. The molecule has 1 aliphatic rings. The van der Waals surface area contributed by atoms with Crippen molar-refractivity contribution in [2.45, 2.75) is 64.3 Å². The third kappa shape index (κ3) is 13.0. The molecule has 0 bridgehead atoms. The molecule has 6 N–H and O–H groups in total. The van der Waals surface area contributed by atoms with Gasteiger partial charge >= 0.3 is 6.03 Å². The number of nitrogens with one attached hydrogen (secondary N) is 4. The summed E-state index contributed by atoms with van der Waals surface area (Å²) in [6.45, 7) is 9.90. The van der Waals surface area contributed by atoms with Gasteiger partial charge in [0, 0.05) is 43.6 Å². The van der Waals surface area contributed by atoms with Crippen LogP contribution in [0.1, 0.15) is 71.0 Å². The molecule has 6 amide bonds. The zero-order chi connectivity index (χ0) is 44.6. The first-order valence-corrected chi connectivity index (χ1v) is 22.0. The number of imide groups is 1. The molecule has 0 saturated carbocycles. The summed E-state index contributed by atoms with van der Waals surface area (Å²) in [5, 5.41) is 6.33. The summed E-state index contributed by atoms with van der Waals surface area (Å²) in [5.74, 6) is -1.44. The molecule has 330 valence electrons. The minimum absolute atomic E-state index is 0.0596. The molecular formula is C43H55N10O8S+. The number of primary amides is 1. The van der Waals surface area contributed by atoms with Crippen molar-refractivity contribution in [1.29, 1.82) is 0 Å². The van der Waals surface area contributed by atoms with E-state index in [1.807, 2.05) is 0 Å². The minimum Gasteiger partial charge on any atom is -0.379 e. The number of rotatable bonds is 21. The second-order valence-corrected chi connectivity index (χ2v) is 16.4. The van der Waals surface area contributed by atoms with Crippen LogP contribution in [0, 0.1) is 13.8 Å². The van der Waals surface area contributed by atoms with Gasteiger partial charge in [0.25, 0.3) is 27.7 Å². The Morgan fingerprint density at radius 2 is 1.69 bits per heavy atom. The molecule has 1 aliphatic heterocycles. The summed E-state index contributed by atoms with van der Waals surface area (Å²) < 4.78 is 36.8. The summed E-state index contributed by atoms with van der Waals surface area (Å²) in [5.41, 5.74) is 10.8. The van der Waals surface area contributed by atoms with Crippen LogP contribution in [0.15, 0.2) is 84.1 Å². The normalized spacial score (nSPS) is 12.8. The number of hydrogen-bond donors (Lipinski definition) is 5. The zero-order valence-corrected chi connectivity index (χ0v) is 36.1. The molecule has 0 unspecified atom stereocenters. The summed E-state index contributed by atoms with van der Waals surface area (Å²) in [6.07, 6.45) is 9.42. The first-order valence-electron chi connectivity index (χ1n) is 20.5. The lowest BCUT2D eigenvalue weighted by atomic mass is 10.1. The lowest BCUT2D eigenvalue weighted by Gasteiger charge is -2.26. The number of nitrogens with zero attached hydrogens (tertiary/aromatic N) is 5. The molecule has 0 aliphatic carbocycles. The van der Waals surface area contributed by atoms with Crippen molar-refractivity contribution in [2.24, 2.45) is 5.73 Å². The number of hydrazine groups is 1. The Kier molecular flexibility index (Phi) is 16.9.